The van der Waals surface area contributed by atoms with E-state index >= 15 is 0 Å². The summed E-state index contributed by atoms with van der Waals surface area (Å²) >= 11 is 0. The Morgan fingerprint density at radius 3 is 2.65 bits per heavy atom. The number of benzene rings is 1. The van der Waals surface area contributed by atoms with Gasteiger partial charge in [0.05, 0.1) is 17.0 Å². The maximum Gasteiger partial charge on any atom is 0.326 e. The van der Waals surface area contributed by atoms with Crippen LogP contribution in [0.2, 0.25) is 0 Å². The maximum atomic E-state index is 13.2. The standard InChI is InChI=1S/C19H18N4O3/c1-11-7-17-20-9-15(12(2)23(17)21-11)18(24)22-10-14-6-4-3-5-13(14)8-16(22)19(25)26/h3-7,9,16H,8,10H2,1-2H3,(H,25,26). The quantitative estimate of drug-likeness (QED) is 0.764. The second-order valence-corrected chi connectivity index (χ2v) is 6.57. The van der Waals surface area contributed by atoms with Gasteiger partial charge in [-0.15, -0.1) is 0 Å². The van der Waals surface area contributed by atoms with Gasteiger partial charge in [-0.1, -0.05) is 24.3 Å². The summed E-state index contributed by atoms with van der Waals surface area (Å²) in [5.74, 6) is -1.35. The Kier molecular flexibility index (Phi) is 3.72. The van der Waals surface area contributed by atoms with Crippen LogP contribution in [0.3, 0.4) is 0 Å². The smallest absolute Gasteiger partial charge is 0.326 e. The Balaban J connectivity index is 1.77. The molecule has 1 aliphatic heterocycles. The molecular formula is C19H18N4O3. The minimum Gasteiger partial charge on any atom is -0.480 e. The number of aromatic nitrogens is 3. The van der Waals surface area contributed by atoms with E-state index in [1.165, 1.54) is 11.1 Å². The highest BCUT2D eigenvalue weighted by molar-refractivity contribution is 5.97. The average Bonchev–Trinajstić information content (AvgIpc) is 3.01. The van der Waals surface area contributed by atoms with Gasteiger partial charge >= 0.3 is 5.97 Å². The first-order valence-corrected chi connectivity index (χ1v) is 8.38. The van der Waals surface area contributed by atoms with E-state index in [1.54, 1.807) is 11.4 Å². The Hall–Kier alpha value is -3.22. The lowest BCUT2D eigenvalue weighted by molar-refractivity contribution is -0.142. The second-order valence-electron chi connectivity index (χ2n) is 6.57. The minimum absolute atomic E-state index is 0.265. The fourth-order valence-electron chi connectivity index (χ4n) is 3.48. The molecule has 0 saturated carbocycles. The number of carboxylic acid groups (broad SMARTS) is 1. The highest BCUT2D eigenvalue weighted by Gasteiger charge is 2.35. The fraction of sp³-hybridized carbons (Fsp3) is 0.263. The van der Waals surface area contributed by atoms with E-state index in [1.807, 2.05) is 37.3 Å². The number of nitrogens with zero attached hydrogens (tertiary/aromatic N) is 4. The fourth-order valence-corrected chi connectivity index (χ4v) is 3.48. The van der Waals surface area contributed by atoms with Gasteiger partial charge in [-0.3, -0.25) is 4.79 Å². The molecule has 26 heavy (non-hydrogen) atoms. The molecule has 7 nitrogen and oxygen atoms in total. The number of aliphatic carboxylic acids is 1. The molecule has 0 spiro atoms. The first-order chi connectivity index (χ1) is 12.5. The zero-order valence-electron chi connectivity index (χ0n) is 14.5. The molecule has 1 aliphatic rings. The van der Waals surface area contributed by atoms with Crippen molar-refractivity contribution in [1.29, 1.82) is 0 Å². The molecule has 1 unspecified atom stereocenters. The number of carboxylic acids is 1. The summed E-state index contributed by atoms with van der Waals surface area (Å²) in [5, 5.41) is 14.0. The van der Waals surface area contributed by atoms with Gasteiger partial charge in [0.15, 0.2) is 5.65 Å². The SMILES string of the molecule is Cc1cc2ncc(C(=O)N3Cc4ccccc4CC3C(=O)O)c(C)n2n1. The summed E-state index contributed by atoms with van der Waals surface area (Å²) in [6.45, 7) is 3.92. The van der Waals surface area contributed by atoms with E-state index in [2.05, 4.69) is 10.1 Å². The van der Waals surface area contributed by atoms with Crippen LogP contribution >= 0.6 is 0 Å². The molecule has 1 amide bonds. The molecule has 1 N–H and O–H groups in total. The van der Waals surface area contributed by atoms with Gasteiger partial charge < -0.3 is 10.0 Å². The van der Waals surface area contributed by atoms with Crippen LogP contribution in [-0.2, 0) is 17.8 Å². The van der Waals surface area contributed by atoms with Crippen LogP contribution in [0.5, 0.6) is 0 Å². The molecule has 0 fully saturated rings. The third-order valence-corrected chi connectivity index (χ3v) is 4.87. The zero-order valence-corrected chi connectivity index (χ0v) is 14.5. The lowest BCUT2D eigenvalue weighted by Gasteiger charge is -2.34. The topological polar surface area (TPSA) is 87.8 Å². The predicted molar refractivity (Wildman–Crippen MR) is 93.9 cm³/mol. The molecule has 7 heteroatoms. The van der Waals surface area contributed by atoms with E-state index in [9.17, 15) is 14.7 Å². The first-order valence-electron chi connectivity index (χ1n) is 8.38. The van der Waals surface area contributed by atoms with Crippen molar-refractivity contribution in [3.05, 3.63) is 64.6 Å². The molecule has 3 aromatic rings. The number of aryl methyl sites for hydroxylation is 2. The summed E-state index contributed by atoms with van der Waals surface area (Å²) < 4.78 is 1.62. The highest BCUT2D eigenvalue weighted by Crippen LogP contribution is 2.26. The molecular weight excluding hydrogens is 332 g/mol. The van der Waals surface area contributed by atoms with Gasteiger partial charge in [0.1, 0.15) is 6.04 Å². The van der Waals surface area contributed by atoms with Crippen LogP contribution in [0.25, 0.3) is 5.65 Å². The Morgan fingerprint density at radius 2 is 1.92 bits per heavy atom. The summed E-state index contributed by atoms with van der Waals surface area (Å²) in [4.78, 5) is 30.7. The van der Waals surface area contributed by atoms with Crippen LogP contribution < -0.4 is 0 Å². The van der Waals surface area contributed by atoms with Crippen molar-refractivity contribution in [1.82, 2.24) is 19.5 Å². The third kappa shape index (κ3) is 2.52. The lowest BCUT2D eigenvalue weighted by atomic mass is 9.93. The second kappa shape index (κ2) is 5.94. The number of amides is 1. The Morgan fingerprint density at radius 1 is 1.19 bits per heavy atom. The van der Waals surface area contributed by atoms with E-state index in [-0.39, 0.29) is 12.5 Å². The summed E-state index contributed by atoms with van der Waals surface area (Å²) in [6, 6.07) is 8.56. The molecule has 2 aromatic heterocycles. The van der Waals surface area contributed by atoms with E-state index in [4.69, 9.17) is 0 Å². The number of hydrogen-bond donors (Lipinski definition) is 1. The third-order valence-electron chi connectivity index (χ3n) is 4.87. The van der Waals surface area contributed by atoms with Gasteiger partial charge in [0, 0.05) is 25.2 Å². The Labute approximate surface area is 149 Å². The van der Waals surface area contributed by atoms with Gasteiger partial charge in [-0.05, 0) is 25.0 Å². The lowest BCUT2D eigenvalue weighted by Crippen LogP contribution is -2.48. The Bertz CT molecular complexity index is 1040. The van der Waals surface area contributed by atoms with Crippen LogP contribution in [0.1, 0.15) is 32.9 Å². The van der Waals surface area contributed by atoms with Gasteiger partial charge in [-0.25, -0.2) is 14.3 Å². The van der Waals surface area contributed by atoms with Gasteiger partial charge in [-0.2, -0.15) is 5.10 Å². The van der Waals surface area contributed by atoms with Crippen molar-refractivity contribution in [3.63, 3.8) is 0 Å². The predicted octanol–water partition coefficient (Wildman–Crippen LogP) is 2.00. The summed E-state index contributed by atoms with van der Waals surface area (Å²) in [6.07, 6.45) is 1.81. The minimum atomic E-state index is -1.01. The molecule has 1 atom stereocenters. The highest BCUT2D eigenvalue weighted by atomic mass is 16.4. The largest absolute Gasteiger partial charge is 0.480 e. The van der Waals surface area contributed by atoms with E-state index < -0.39 is 12.0 Å². The van der Waals surface area contributed by atoms with Crippen LogP contribution in [-0.4, -0.2) is 42.5 Å². The summed E-state index contributed by atoms with van der Waals surface area (Å²) in [5.41, 5.74) is 4.43. The molecule has 4 rings (SSSR count). The average molecular weight is 350 g/mol. The van der Waals surface area contributed by atoms with Crippen molar-refractivity contribution in [2.75, 3.05) is 0 Å². The van der Waals surface area contributed by atoms with Crippen LogP contribution in [0.15, 0.2) is 36.5 Å². The molecule has 1 aromatic carbocycles. The van der Waals surface area contributed by atoms with E-state index in [0.717, 1.165) is 16.8 Å². The maximum absolute atomic E-state index is 13.2. The molecule has 3 heterocycles. The summed E-state index contributed by atoms with van der Waals surface area (Å²) in [7, 11) is 0. The van der Waals surface area contributed by atoms with Crippen LogP contribution in [0.4, 0.5) is 0 Å². The van der Waals surface area contributed by atoms with E-state index in [0.29, 0.717) is 23.3 Å². The zero-order chi connectivity index (χ0) is 18.4. The molecule has 0 bridgehead atoms. The van der Waals surface area contributed by atoms with Crippen molar-refractivity contribution < 1.29 is 14.7 Å². The van der Waals surface area contributed by atoms with Gasteiger partial charge in [0.25, 0.3) is 5.91 Å². The molecule has 0 radical (unpaired) electrons. The van der Waals surface area contributed by atoms with Crippen molar-refractivity contribution >= 4 is 17.5 Å². The monoisotopic (exact) mass is 350 g/mol. The van der Waals surface area contributed by atoms with Crippen molar-refractivity contribution in [3.8, 4) is 0 Å². The normalized spacial score (nSPS) is 16.5. The molecule has 0 aliphatic carbocycles. The van der Waals surface area contributed by atoms with Crippen molar-refractivity contribution in [2.24, 2.45) is 0 Å². The number of carbonyl (C=O) groups is 2. The molecule has 132 valence electrons. The number of carbonyl (C=O) groups excluding carboxylic acids is 1. The number of rotatable bonds is 2. The van der Waals surface area contributed by atoms with Crippen LogP contribution in [0, 0.1) is 13.8 Å². The number of hydrogen-bond acceptors (Lipinski definition) is 4. The number of fused-ring (bicyclic) bond motifs is 2. The van der Waals surface area contributed by atoms with Gasteiger partial charge in [0.2, 0.25) is 0 Å². The first kappa shape index (κ1) is 16.3. The molecule has 0 saturated heterocycles. The van der Waals surface area contributed by atoms with Crippen molar-refractivity contribution in [2.45, 2.75) is 32.9 Å².